The molecule has 0 aliphatic heterocycles. The number of fused-ring (bicyclic) bond motifs is 1. The van der Waals surface area contributed by atoms with Gasteiger partial charge < -0.3 is 4.42 Å². The van der Waals surface area contributed by atoms with Gasteiger partial charge in [0.25, 0.3) is 0 Å². The number of hydrogen-bond donors (Lipinski definition) is 0. The molecule has 1 aromatic heterocycles. The molecule has 0 unspecified atom stereocenters. The van der Waals surface area contributed by atoms with E-state index in [0.717, 1.165) is 11.5 Å². The van der Waals surface area contributed by atoms with E-state index in [1.54, 1.807) is 0 Å². The zero-order valence-corrected chi connectivity index (χ0v) is 12.0. The minimum Gasteiger partial charge on any atom is -0.465 e. The normalized spacial score (nSPS) is 11.8. The van der Waals surface area contributed by atoms with Crippen LogP contribution < -0.4 is 0 Å². The molecule has 0 atom stereocenters. The van der Waals surface area contributed by atoms with Crippen LogP contribution in [-0.4, -0.2) is 0 Å². The third kappa shape index (κ3) is 1.60. The van der Waals surface area contributed by atoms with Crippen LogP contribution in [0, 0.1) is 34.6 Å². The van der Waals surface area contributed by atoms with Crippen LogP contribution in [0.2, 0.25) is 0 Å². The van der Waals surface area contributed by atoms with E-state index in [1.807, 2.05) is 0 Å². The number of benzene rings is 1. The van der Waals surface area contributed by atoms with Gasteiger partial charge in [0.1, 0.15) is 11.5 Å². The Kier molecular flexibility index (Phi) is 2.81. The Morgan fingerprint density at radius 1 is 0.706 bits per heavy atom. The minimum absolute atomic E-state index is 0.535. The molecule has 1 heterocycles. The van der Waals surface area contributed by atoms with Crippen molar-refractivity contribution in [2.24, 2.45) is 0 Å². The topological polar surface area (TPSA) is 13.1 Å². The summed E-state index contributed by atoms with van der Waals surface area (Å²) in [7, 11) is 0. The van der Waals surface area contributed by atoms with Crippen molar-refractivity contribution >= 4 is 10.8 Å². The molecular weight excluding hydrogens is 208 g/mol. The van der Waals surface area contributed by atoms with Crippen LogP contribution in [0.4, 0.5) is 0 Å². The van der Waals surface area contributed by atoms with E-state index in [-0.39, 0.29) is 0 Å². The highest BCUT2D eigenvalue weighted by Gasteiger charge is 2.20. The Bertz CT molecular complexity index is 586. The van der Waals surface area contributed by atoms with E-state index < -0.39 is 0 Å². The molecule has 2 aromatic rings. The monoisotopic (exact) mass is 230 g/mol. The van der Waals surface area contributed by atoms with Gasteiger partial charge in [0.05, 0.1) is 0 Å². The van der Waals surface area contributed by atoms with E-state index in [2.05, 4.69) is 48.5 Å². The van der Waals surface area contributed by atoms with Gasteiger partial charge in [-0.2, -0.15) is 0 Å². The summed E-state index contributed by atoms with van der Waals surface area (Å²) in [4.78, 5) is 0. The molecule has 0 spiro atoms. The molecule has 1 heteroatoms. The van der Waals surface area contributed by atoms with Crippen LogP contribution in [-0.2, 0) is 0 Å². The second kappa shape index (κ2) is 3.90. The molecule has 0 aliphatic rings. The Hall–Kier alpha value is -1.24. The highest BCUT2D eigenvalue weighted by Crippen LogP contribution is 2.38. The third-order valence-electron chi connectivity index (χ3n) is 4.01. The van der Waals surface area contributed by atoms with Crippen molar-refractivity contribution in [1.82, 2.24) is 0 Å². The summed E-state index contributed by atoms with van der Waals surface area (Å²) in [5.74, 6) is 2.65. The Morgan fingerprint density at radius 3 is 1.76 bits per heavy atom. The largest absolute Gasteiger partial charge is 0.465 e. The summed E-state index contributed by atoms with van der Waals surface area (Å²) in [6.45, 7) is 15.3. The smallest absolute Gasteiger partial charge is 0.109 e. The molecule has 0 saturated heterocycles. The highest BCUT2D eigenvalue weighted by atomic mass is 16.3. The van der Waals surface area contributed by atoms with Crippen molar-refractivity contribution in [3.8, 4) is 0 Å². The number of aryl methyl sites for hydroxylation is 3. The summed E-state index contributed by atoms with van der Waals surface area (Å²) >= 11 is 0. The average Bonchev–Trinajstić information content (AvgIpc) is 2.51. The quantitative estimate of drug-likeness (QED) is 0.664. The van der Waals surface area contributed by atoms with Crippen molar-refractivity contribution in [3.63, 3.8) is 0 Å². The first-order chi connectivity index (χ1) is 7.86. The molecule has 2 rings (SSSR count). The van der Waals surface area contributed by atoms with Crippen molar-refractivity contribution < 1.29 is 4.42 Å². The van der Waals surface area contributed by atoms with Gasteiger partial charge in [0.2, 0.25) is 0 Å². The average molecular weight is 230 g/mol. The predicted octanol–water partition coefficient (Wildman–Crippen LogP) is 5.10. The van der Waals surface area contributed by atoms with Crippen LogP contribution >= 0.6 is 0 Å². The van der Waals surface area contributed by atoms with E-state index in [0.29, 0.717) is 5.92 Å². The molecule has 92 valence electrons. The number of hydrogen-bond acceptors (Lipinski definition) is 1. The lowest BCUT2D eigenvalue weighted by Gasteiger charge is -2.17. The van der Waals surface area contributed by atoms with E-state index in [4.69, 9.17) is 4.42 Å². The molecular formula is C16H22O. The fourth-order valence-electron chi connectivity index (χ4n) is 3.04. The van der Waals surface area contributed by atoms with Gasteiger partial charge in [-0.15, -0.1) is 0 Å². The molecule has 1 nitrogen and oxygen atoms in total. The lowest BCUT2D eigenvalue weighted by molar-refractivity contribution is 0.510. The van der Waals surface area contributed by atoms with Crippen molar-refractivity contribution in [2.75, 3.05) is 0 Å². The fraction of sp³-hybridized carbons (Fsp3) is 0.500. The second-order valence-corrected chi connectivity index (χ2v) is 5.41. The first-order valence-corrected chi connectivity index (χ1v) is 6.35. The van der Waals surface area contributed by atoms with Crippen LogP contribution in [0.3, 0.4) is 0 Å². The van der Waals surface area contributed by atoms with Crippen LogP contribution in [0.15, 0.2) is 4.42 Å². The fourth-order valence-corrected chi connectivity index (χ4v) is 3.04. The predicted molar refractivity (Wildman–Crippen MR) is 74.0 cm³/mol. The minimum atomic E-state index is 0.535. The van der Waals surface area contributed by atoms with Gasteiger partial charge in [-0.1, -0.05) is 13.8 Å². The van der Waals surface area contributed by atoms with Crippen molar-refractivity contribution in [2.45, 2.75) is 54.4 Å². The standard InChI is InChI=1S/C16H22O/c1-8(2)14-10(4)9(3)11(5)15-12(6)17-13(7)16(14)15/h8H,1-7H3. The lowest BCUT2D eigenvalue weighted by atomic mass is 9.86. The zero-order chi connectivity index (χ0) is 12.9. The zero-order valence-electron chi connectivity index (χ0n) is 12.0. The number of furan rings is 1. The summed E-state index contributed by atoms with van der Waals surface area (Å²) in [6, 6.07) is 0. The van der Waals surface area contributed by atoms with E-state index in [9.17, 15) is 0 Å². The Balaban J connectivity index is 3.07. The molecule has 1 aromatic carbocycles. The lowest BCUT2D eigenvalue weighted by Crippen LogP contribution is -1.99. The number of rotatable bonds is 1. The first-order valence-electron chi connectivity index (χ1n) is 6.35. The van der Waals surface area contributed by atoms with Gasteiger partial charge in [-0.3, -0.25) is 0 Å². The second-order valence-electron chi connectivity index (χ2n) is 5.41. The molecule has 0 saturated carbocycles. The maximum Gasteiger partial charge on any atom is 0.109 e. The SMILES string of the molecule is Cc1c(C)c(C(C)C)c2c(C)oc(C)c2c1C. The Morgan fingerprint density at radius 2 is 1.24 bits per heavy atom. The maximum atomic E-state index is 5.85. The molecule has 0 radical (unpaired) electrons. The summed E-state index contributed by atoms with van der Waals surface area (Å²) in [5, 5.41) is 2.67. The van der Waals surface area contributed by atoms with E-state index in [1.165, 1.54) is 33.0 Å². The van der Waals surface area contributed by atoms with Gasteiger partial charge in [0.15, 0.2) is 0 Å². The van der Waals surface area contributed by atoms with Crippen molar-refractivity contribution in [3.05, 3.63) is 33.8 Å². The molecule has 0 amide bonds. The summed E-state index contributed by atoms with van der Waals surface area (Å²) in [6.07, 6.45) is 0. The molecule has 0 fully saturated rings. The maximum absolute atomic E-state index is 5.85. The molecule has 17 heavy (non-hydrogen) atoms. The molecule has 0 N–H and O–H groups in total. The van der Waals surface area contributed by atoms with Crippen LogP contribution in [0.25, 0.3) is 10.8 Å². The van der Waals surface area contributed by atoms with Gasteiger partial charge in [-0.05, 0) is 62.8 Å². The molecule has 0 bridgehead atoms. The van der Waals surface area contributed by atoms with Crippen LogP contribution in [0.5, 0.6) is 0 Å². The van der Waals surface area contributed by atoms with Gasteiger partial charge in [0, 0.05) is 10.8 Å². The highest BCUT2D eigenvalue weighted by molar-refractivity contribution is 5.94. The summed E-state index contributed by atoms with van der Waals surface area (Å²) in [5.41, 5.74) is 5.66. The van der Waals surface area contributed by atoms with Crippen molar-refractivity contribution in [1.29, 1.82) is 0 Å². The summed E-state index contributed by atoms with van der Waals surface area (Å²) < 4.78 is 5.85. The first kappa shape index (κ1) is 12.2. The van der Waals surface area contributed by atoms with Crippen LogP contribution in [0.1, 0.15) is 53.5 Å². The Labute approximate surface area is 104 Å². The van der Waals surface area contributed by atoms with Gasteiger partial charge in [-0.25, -0.2) is 0 Å². The van der Waals surface area contributed by atoms with Gasteiger partial charge >= 0.3 is 0 Å². The van der Waals surface area contributed by atoms with E-state index >= 15 is 0 Å². The molecule has 0 aliphatic carbocycles. The third-order valence-corrected chi connectivity index (χ3v) is 4.01.